The van der Waals surface area contributed by atoms with Crippen molar-refractivity contribution in [2.75, 3.05) is 6.61 Å². The normalized spacial score (nSPS) is 15.6. The van der Waals surface area contributed by atoms with Crippen molar-refractivity contribution >= 4 is 10.9 Å². The van der Waals surface area contributed by atoms with E-state index in [0.29, 0.717) is 6.61 Å². The number of terminal acetylenes is 1. The number of fused-ring (bicyclic) bond motifs is 3. The molecule has 1 aliphatic heterocycles. The quantitative estimate of drug-likeness (QED) is 0.771. The molecular formula is C16H15NO2. The van der Waals surface area contributed by atoms with Crippen molar-refractivity contribution in [2.24, 2.45) is 0 Å². The Hall–Kier alpha value is -2.05. The lowest BCUT2D eigenvalue weighted by molar-refractivity contribution is 0.111. The maximum Gasteiger partial charge on any atom is 0.156 e. The highest BCUT2D eigenvalue weighted by Gasteiger charge is 2.14. The number of pyridine rings is 1. The van der Waals surface area contributed by atoms with Gasteiger partial charge in [0.15, 0.2) is 6.10 Å². The fourth-order valence-electron chi connectivity index (χ4n) is 2.36. The molecule has 1 aliphatic rings. The second-order valence-electron chi connectivity index (χ2n) is 4.67. The zero-order valence-electron chi connectivity index (χ0n) is 10.8. The lowest BCUT2D eigenvalue weighted by Gasteiger charge is -2.18. The van der Waals surface area contributed by atoms with Crippen molar-refractivity contribution in [1.82, 2.24) is 4.98 Å². The fraction of sp³-hybridized carbons (Fsp3) is 0.312. The van der Waals surface area contributed by atoms with E-state index in [2.05, 4.69) is 10.9 Å². The average Bonchev–Trinajstić information content (AvgIpc) is 2.47. The molecule has 0 unspecified atom stereocenters. The van der Waals surface area contributed by atoms with Crippen LogP contribution < -0.4 is 4.74 Å². The summed E-state index contributed by atoms with van der Waals surface area (Å²) < 4.78 is 11.1. The van der Waals surface area contributed by atoms with E-state index < -0.39 is 0 Å². The van der Waals surface area contributed by atoms with Crippen LogP contribution >= 0.6 is 0 Å². The van der Waals surface area contributed by atoms with Gasteiger partial charge in [0, 0.05) is 11.6 Å². The Morgan fingerprint density at radius 1 is 1.47 bits per heavy atom. The molecule has 1 atom stereocenters. The van der Waals surface area contributed by atoms with E-state index in [-0.39, 0.29) is 6.10 Å². The highest BCUT2D eigenvalue weighted by Crippen LogP contribution is 2.28. The smallest absolute Gasteiger partial charge is 0.156 e. The summed E-state index contributed by atoms with van der Waals surface area (Å²) in [5.74, 6) is 3.36. The first kappa shape index (κ1) is 12.0. The van der Waals surface area contributed by atoms with Crippen LogP contribution in [0.5, 0.6) is 5.75 Å². The molecule has 0 saturated heterocycles. The van der Waals surface area contributed by atoms with Gasteiger partial charge < -0.3 is 9.47 Å². The standard InChI is InChI=1S/C16H15NO2/c1-3-11(2)19-13-4-5-16-15(8-13)14-6-7-18-10-12(14)9-17-16/h1,4-5,8-9,11H,6-7,10H2,2H3/t11-/m1/s1. The number of nitrogens with zero attached hydrogens (tertiary/aromatic N) is 1. The Kier molecular flexibility index (Phi) is 3.10. The van der Waals surface area contributed by atoms with Crippen molar-refractivity contribution in [3.63, 3.8) is 0 Å². The summed E-state index contributed by atoms with van der Waals surface area (Å²) in [5.41, 5.74) is 3.47. The molecule has 0 saturated carbocycles. The molecular weight excluding hydrogens is 238 g/mol. The zero-order chi connectivity index (χ0) is 13.2. The van der Waals surface area contributed by atoms with E-state index in [4.69, 9.17) is 15.9 Å². The van der Waals surface area contributed by atoms with Gasteiger partial charge >= 0.3 is 0 Å². The summed E-state index contributed by atoms with van der Waals surface area (Å²) in [6, 6.07) is 5.92. The molecule has 3 rings (SSSR count). The second kappa shape index (κ2) is 4.91. The zero-order valence-corrected chi connectivity index (χ0v) is 10.8. The summed E-state index contributed by atoms with van der Waals surface area (Å²) in [5, 5.41) is 1.14. The topological polar surface area (TPSA) is 31.4 Å². The lowest BCUT2D eigenvalue weighted by atomic mass is 10.00. The Bertz CT molecular complexity index is 658. The predicted molar refractivity (Wildman–Crippen MR) is 74.0 cm³/mol. The van der Waals surface area contributed by atoms with Crippen molar-refractivity contribution in [2.45, 2.75) is 26.1 Å². The van der Waals surface area contributed by atoms with Gasteiger partial charge in [-0.1, -0.05) is 5.92 Å². The van der Waals surface area contributed by atoms with Crippen LogP contribution in [0.4, 0.5) is 0 Å². The van der Waals surface area contributed by atoms with Crippen LogP contribution in [0.25, 0.3) is 10.9 Å². The molecule has 0 radical (unpaired) electrons. The van der Waals surface area contributed by atoms with Gasteiger partial charge in [0.25, 0.3) is 0 Å². The van der Waals surface area contributed by atoms with Crippen LogP contribution in [0.15, 0.2) is 24.4 Å². The Labute approximate surface area is 112 Å². The minimum Gasteiger partial charge on any atom is -0.478 e. The van der Waals surface area contributed by atoms with Crippen LogP contribution in [0.1, 0.15) is 18.1 Å². The molecule has 96 valence electrons. The molecule has 3 nitrogen and oxygen atoms in total. The molecule has 2 heterocycles. The molecule has 1 aromatic heterocycles. The third kappa shape index (κ3) is 2.27. The molecule has 0 spiro atoms. The van der Waals surface area contributed by atoms with E-state index in [1.165, 1.54) is 11.1 Å². The van der Waals surface area contributed by atoms with Gasteiger partial charge in [-0.2, -0.15) is 0 Å². The largest absolute Gasteiger partial charge is 0.478 e. The molecule has 0 N–H and O–H groups in total. The van der Waals surface area contributed by atoms with Crippen LogP contribution in [-0.4, -0.2) is 17.7 Å². The molecule has 0 bridgehead atoms. The Balaban J connectivity index is 2.08. The highest BCUT2D eigenvalue weighted by atomic mass is 16.5. The number of aromatic nitrogens is 1. The van der Waals surface area contributed by atoms with Gasteiger partial charge in [0.2, 0.25) is 0 Å². The summed E-state index contributed by atoms with van der Waals surface area (Å²) in [6.45, 7) is 3.26. The van der Waals surface area contributed by atoms with E-state index >= 15 is 0 Å². The van der Waals surface area contributed by atoms with Crippen molar-refractivity contribution in [3.8, 4) is 18.1 Å². The van der Waals surface area contributed by atoms with Gasteiger partial charge in [-0.05, 0) is 42.7 Å². The number of rotatable bonds is 2. The SMILES string of the molecule is C#C[C@@H](C)Oc1ccc2ncc3c(c2c1)CCOC3. The van der Waals surface area contributed by atoms with Crippen LogP contribution in [-0.2, 0) is 17.8 Å². The summed E-state index contributed by atoms with van der Waals surface area (Å²) in [4.78, 5) is 4.46. The first-order chi connectivity index (χ1) is 9.28. The van der Waals surface area contributed by atoms with E-state index in [1.54, 1.807) is 0 Å². The average molecular weight is 253 g/mol. The Morgan fingerprint density at radius 2 is 2.37 bits per heavy atom. The van der Waals surface area contributed by atoms with E-state index in [9.17, 15) is 0 Å². The van der Waals surface area contributed by atoms with Gasteiger partial charge in [0.05, 0.1) is 18.7 Å². The summed E-state index contributed by atoms with van der Waals surface area (Å²) in [7, 11) is 0. The number of ether oxygens (including phenoxy) is 2. The van der Waals surface area contributed by atoms with Crippen LogP contribution in [0, 0.1) is 12.3 Å². The molecule has 0 aliphatic carbocycles. The van der Waals surface area contributed by atoms with Crippen LogP contribution in [0.2, 0.25) is 0 Å². The first-order valence-corrected chi connectivity index (χ1v) is 6.39. The fourth-order valence-corrected chi connectivity index (χ4v) is 2.36. The third-order valence-corrected chi connectivity index (χ3v) is 3.34. The Morgan fingerprint density at radius 3 is 3.21 bits per heavy atom. The molecule has 0 amide bonds. The van der Waals surface area contributed by atoms with Crippen molar-refractivity contribution in [1.29, 1.82) is 0 Å². The predicted octanol–water partition coefficient (Wildman–Crippen LogP) is 2.71. The molecule has 0 fully saturated rings. The molecule has 1 aromatic carbocycles. The third-order valence-electron chi connectivity index (χ3n) is 3.34. The monoisotopic (exact) mass is 253 g/mol. The summed E-state index contributed by atoms with van der Waals surface area (Å²) >= 11 is 0. The van der Waals surface area contributed by atoms with Gasteiger partial charge in [-0.25, -0.2) is 0 Å². The molecule has 2 aromatic rings. The maximum absolute atomic E-state index is 5.67. The number of benzene rings is 1. The van der Waals surface area contributed by atoms with E-state index in [1.807, 2.05) is 31.3 Å². The number of hydrogen-bond acceptors (Lipinski definition) is 3. The molecule has 3 heteroatoms. The second-order valence-corrected chi connectivity index (χ2v) is 4.67. The lowest BCUT2D eigenvalue weighted by Crippen LogP contribution is -2.11. The minimum atomic E-state index is -0.228. The maximum atomic E-state index is 5.67. The van der Waals surface area contributed by atoms with Crippen molar-refractivity contribution in [3.05, 3.63) is 35.5 Å². The van der Waals surface area contributed by atoms with E-state index in [0.717, 1.165) is 29.7 Å². The first-order valence-electron chi connectivity index (χ1n) is 6.39. The minimum absolute atomic E-state index is 0.228. The summed E-state index contributed by atoms with van der Waals surface area (Å²) in [6.07, 6.45) is 7.93. The van der Waals surface area contributed by atoms with Gasteiger partial charge in [0.1, 0.15) is 5.75 Å². The molecule has 19 heavy (non-hydrogen) atoms. The van der Waals surface area contributed by atoms with Crippen molar-refractivity contribution < 1.29 is 9.47 Å². The highest BCUT2D eigenvalue weighted by molar-refractivity contribution is 5.84. The van der Waals surface area contributed by atoms with Crippen LogP contribution in [0.3, 0.4) is 0 Å². The number of hydrogen-bond donors (Lipinski definition) is 0. The van der Waals surface area contributed by atoms with Gasteiger partial charge in [-0.15, -0.1) is 6.42 Å². The van der Waals surface area contributed by atoms with Gasteiger partial charge in [-0.3, -0.25) is 4.98 Å².